The van der Waals surface area contributed by atoms with Crippen molar-refractivity contribution in [3.05, 3.63) is 53.7 Å². The number of oxazole rings is 1. The molecule has 3 saturated heterocycles. The molecule has 2 aromatic rings. The van der Waals surface area contributed by atoms with Gasteiger partial charge >= 0.3 is 0 Å². The number of fused-ring (bicyclic) bond motifs is 3. The topological polar surface area (TPSA) is 46.3 Å². The van der Waals surface area contributed by atoms with Crippen LogP contribution in [0.2, 0.25) is 0 Å². The lowest BCUT2D eigenvalue weighted by atomic mass is 9.73. The lowest BCUT2D eigenvalue weighted by Crippen LogP contribution is -2.62. The quantitative estimate of drug-likeness (QED) is 0.483. The van der Waals surface area contributed by atoms with Crippen LogP contribution in [0.4, 0.5) is 0 Å². The zero-order valence-corrected chi connectivity index (χ0v) is 21.2. The molecule has 1 aliphatic carbocycles. The second-order valence-corrected chi connectivity index (χ2v) is 12.6. The highest BCUT2D eigenvalue weighted by atomic mass is 32.2. The van der Waals surface area contributed by atoms with Crippen molar-refractivity contribution in [3.63, 3.8) is 0 Å². The van der Waals surface area contributed by atoms with Gasteiger partial charge in [-0.05, 0) is 36.0 Å². The molecule has 1 saturated carbocycles. The summed E-state index contributed by atoms with van der Waals surface area (Å²) >= 11 is 2.20. The minimum atomic E-state index is -1.13. The van der Waals surface area contributed by atoms with Crippen molar-refractivity contribution >= 4 is 11.8 Å². The molecule has 6 rings (SSSR count). The SMILES string of the molecule is CC(C)CSC1C[N+]2(Cc3cnc([C@](O)(c4ccccc4)C4CCCCC4)o3)CCC1CC2. The Hall–Kier alpha value is -1.30. The molecule has 4 nitrogen and oxygen atoms in total. The molecule has 5 heteroatoms. The highest BCUT2D eigenvalue weighted by Crippen LogP contribution is 2.45. The van der Waals surface area contributed by atoms with Crippen molar-refractivity contribution in [1.29, 1.82) is 0 Å². The van der Waals surface area contributed by atoms with E-state index in [1.807, 2.05) is 36.5 Å². The van der Waals surface area contributed by atoms with Gasteiger partial charge in [0, 0.05) is 18.8 Å². The van der Waals surface area contributed by atoms with Gasteiger partial charge in [0.05, 0.1) is 31.1 Å². The van der Waals surface area contributed by atoms with Gasteiger partial charge in [-0.1, -0.05) is 63.4 Å². The van der Waals surface area contributed by atoms with Gasteiger partial charge in [0.2, 0.25) is 5.89 Å². The van der Waals surface area contributed by atoms with E-state index in [0.717, 1.165) is 52.3 Å². The molecule has 2 bridgehead atoms. The van der Waals surface area contributed by atoms with Gasteiger partial charge in [0.1, 0.15) is 6.54 Å². The monoisotopic (exact) mass is 469 g/mol. The lowest BCUT2D eigenvalue weighted by Gasteiger charge is -2.52. The number of rotatable bonds is 8. The summed E-state index contributed by atoms with van der Waals surface area (Å²) in [6.07, 6.45) is 10.2. The summed E-state index contributed by atoms with van der Waals surface area (Å²) < 4.78 is 7.59. The predicted molar refractivity (Wildman–Crippen MR) is 135 cm³/mol. The van der Waals surface area contributed by atoms with Crippen LogP contribution in [0.25, 0.3) is 0 Å². The van der Waals surface area contributed by atoms with Crippen LogP contribution in [0, 0.1) is 17.8 Å². The van der Waals surface area contributed by atoms with Gasteiger partial charge in [-0.15, -0.1) is 0 Å². The Morgan fingerprint density at radius 3 is 2.52 bits per heavy atom. The number of aliphatic hydroxyl groups is 1. The largest absolute Gasteiger partial charge is 0.436 e. The van der Waals surface area contributed by atoms with Crippen LogP contribution < -0.4 is 0 Å². The molecular formula is C28H41N2O2S+. The summed E-state index contributed by atoms with van der Waals surface area (Å²) in [4.78, 5) is 4.73. The van der Waals surface area contributed by atoms with Gasteiger partial charge in [0.15, 0.2) is 11.4 Å². The van der Waals surface area contributed by atoms with Gasteiger partial charge < -0.3 is 14.0 Å². The Bertz CT molecular complexity index is 900. The van der Waals surface area contributed by atoms with E-state index in [2.05, 4.69) is 25.6 Å². The Kier molecular flexibility index (Phi) is 6.93. The van der Waals surface area contributed by atoms with E-state index < -0.39 is 5.60 Å². The smallest absolute Gasteiger partial charge is 0.231 e. The lowest BCUT2D eigenvalue weighted by molar-refractivity contribution is -0.954. The number of hydrogen-bond donors (Lipinski definition) is 1. The van der Waals surface area contributed by atoms with E-state index in [0.29, 0.717) is 5.89 Å². The first-order valence-electron chi connectivity index (χ1n) is 13.2. The predicted octanol–water partition coefficient (Wildman–Crippen LogP) is 5.99. The molecule has 1 unspecified atom stereocenters. The molecule has 3 aliphatic heterocycles. The Labute approximate surface area is 203 Å². The van der Waals surface area contributed by atoms with Crippen LogP contribution >= 0.6 is 11.8 Å². The normalized spacial score (nSPS) is 29.9. The second-order valence-electron chi connectivity index (χ2n) is 11.3. The first-order valence-corrected chi connectivity index (χ1v) is 14.2. The van der Waals surface area contributed by atoms with E-state index in [4.69, 9.17) is 9.40 Å². The van der Waals surface area contributed by atoms with Crippen LogP contribution in [0.3, 0.4) is 0 Å². The number of nitrogens with zero attached hydrogens (tertiary/aromatic N) is 2. The minimum Gasteiger partial charge on any atom is -0.436 e. The van der Waals surface area contributed by atoms with E-state index in [9.17, 15) is 5.11 Å². The van der Waals surface area contributed by atoms with Gasteiger partial charge in [-0.3, -0.25) is 0 Å². The van der Waals surface area contributed by atoms with Crippen molar-refractivity contribution in [3.8, 4) is 0 Å². The van der Waals surface area contributed by atoms with Crippen molar-refractivity contribution in [2.75, 3.05) is 25.4 Å². The zero-order chi connectivity index (χ0) is 22.9. The fraction of sp³-hybridized carbons (Fsp3) is 0.679. The van der Waals surface area contributed by atoms with E-state index in [1.54, 1.807) is 0 Å². The fourth-order valence-corrected chi connectivity index (χ4v) is 8.18. The van der Waals surface area contributed by atoms with Gasteiger partial charge in [0.25, 0.3) is 0 Å². The van der Waals surface area contributed by atoms with Crippen LogP contribution in [0.15, 0.2) is 40.9 Å². The van der Waals surface area contributed by atoms with Gasteiger partial charge in [-0.25, -0.2) is 4.98 Å². The Morgan fingerprint density at radius 1 is 1.09 bits per heavy atom. The third-order valence-electron chi connectivity index (χ3n) is 8.47. The number of quaternary nitrogens is 1. The summed E-state index contributed by atoms with van der Waals surface area (Å²) in [6, 6.07) is 10.1. The molecule has 4 aliphatic rings. The summed E-state index contributed by atoms with van der Waals surface area (Å²) in [7, 11) is 0. The fourth-order valence-electron chi connectivity index (χ4n) is 6.58. The first kappa shape index (κ1) is 23.4. The Morgan fingerprint density at radius 2 is 1.82 bits per heavy atom. The van der Waals surface area contributed by atoms with Crippen LogP contribution in [-0.2, 0) is 12.1 Å². The summed E-state index contributed by atoms with van der Waals surface area (Å²) in [6.45, 7) is 9.33. The zero-order valence-electron chi connectivity index (χ0n) is 20.4. The maximum Gasteiger partial charge on any atom is 0.231 e. The molecular weight excluding hydrogens is 428 g/mol. The maximum atomic E-state index is 12.1. The molecule has 1 N–H and O–H groups in total. The molecule has 33 heavy (non-hydrogen) atoms. The van der Waals surface area contributed by atoms with Crippen LogP contribution in [-0.4, -0.2) is 45.2 Å². The van der Waals surface area contributed by atoms with Crippen LogP contribution in [0.5, 0.6) is 0 Å². The standard InChI is InChI=1S/C28H41N2O2S/c1-21(2)20-33-26-19-30(15-13-22(26)14-16-30)18-25-17-29-27(32-25)28(31,23-9-5-3-6-10-23)24-11-7-4-8-12-24/h3,5-6,9-10,17,21-22,24,26,31H,4,7-8,11-16,18-20H2,1-2H3/q+1/t22?,26?,28-,30?/m0/s1. The van der Waals surface area contributed by atoms with E-state index >= 15 is 0 Å². The summed E-state index contributed by atoms with van der Waals surface area (Å²) in [5, 5.41) is 12.9. The third-order valence-corrected chi connectivity index (χ3v) is 10.3. The molecule has 4 fully saturated rings. The highest BCUT2D eigenvalue weighted by Gasteiger charge is 2.48. The maximum absolute atomic E-state index is 12.1. The molecule has 4 heterocycles. The molecule has 0 amide bonds. The third kappa shape index (κ3) is 4.78. The molecule has 0 radical (unpaired) electrons. The van der Waals surface area contributed by atoms with Crippen molar-refractivity contribution < 1.29 is 14.0 Å². The molecule has 1 aromatic heterocycles. The molecule has 2 atom stereocenters. The molecule has 1 aromatic carbocycles. The number of piperidine rings is 3. The van der Waals surface area contributed by atoms with Crippen molar-refractivity contribution in [1.82, 2.24) is 4.98 Å². The molecule has 180 valence electrons. The molecule has 0 spiro atoms. The van der Waals surface area contributed by atoms with Gasteiger partial charge in [-0.2, -0.15) is 11.8 Å². The minimum absolute atomic E-state index is 0.162. The summed E-state index contributed by atoms with van der Waals surface area (Å²) in [5.74, 6) is 4.53. The van der Waals surface area contributed by atoms with Crippen molar-refractivity contribution in [2.45, 2.75) is 76.2 Å². The van der Waals surface area contributed by atoms with Crippen LogP contribution in [0.1, 0.15) is 76.0 Å². The average molecular weight is 470 g/mol. The van der Waals surface area contributed by atoms with Crippen molar-refractivity contribution in [2.24, 2.45) is 17.8 Å². The number of thioether (sulfide) groups is 1. The number of aromatic nitrogens is 1. The van der Waals surface area contributed by atoms with E-state index in [1.165, 1.54) is 57.5 Å². The number of hydrogen-bond acceptors (Lipinski definition) is 4. The summed E-state index contributed by atoms with van der Waals surface area (Å²) in [5.41, 5.74) is -0.217. The highest BCUT2D eigenvalue weighted by molar-refractivity contribution is 7.99. The first-order chi connectivity index (χ1) is 16.0. The second kappa shape index (κ2) is 9.75. The van der Waals surface area contributed by atoms with E-state index in [-0.39, 0.29) is 5.92 Å². The Balaban J connectivity index is 1.37. The average Bonchev–Trinajstić information content (AvgIpc) is 3.32. The number of benzene rings is 1.